The van der Waals surface area contributed by atoms with Crippen LogP contribution in [-0.2, 0) is 10.2 Å². The van der Waals surface area contributed by atoms with Crippen molar-refractivity contribution >= 4 is 16.9 Å². The molecule has 1 aromatic heterocycles. The first-order valence-corrected chi connectivity index (χ1v) is 12.1. The molecule has 5 heteroatoms. The first-order chi connectivity index (χ1) is 16.0. The fraction of sp³-hybridized carbons (Fsp3) is 0.448. The molecule has 1 atom stereocenters. The lowest BCUT2D eigenvalue weighted by molar-refractivity contribution is 0.0593. The van der Waals surface area contributed by atoms with Gasteiger partial charge in [-0.3, -0.25) is 9.59 Å². The largest absolute Gasteiger partial charge is 0.450 e. The van der Waals surface area contributed by atoms with Crippen molar-refractivity contribution in [1.29, 1.82) is 0 Å². The molecule has 1 amide bonds. The van der Waals surface area contributed by atoms with Gasteiger partial charge in [-0.05, 0) is 73.9 Å². The van der Waals surface area contributed by atoms with Gasteiger partial charge in [-0.25, -0.2) is 0 Å². The van der Waals surface area contributed by atoms with Gasteiger partial charge in [0.1, 0.15) is 5.58 Å². The predicted octanol–water partition coefficient (Wildman–Crippen LogP) is 6.07. The molecule has 0 saturated carbocycles. The van der Waals surface area contributed by atoms with Gasteiger partial charge >= 0.3 is 0 Å². The number of nitrogens with zero attached hydrogens (tertiary/aromatic N) is 1. The summed E-state index contributed by atoms with van der Waals surface area (Å²) in [6.45, 7) is 15.5. The third-order valence-corrected chi connectivity index (χ3v) is 6.67. The molecule has 1 aliphatic heterocycles. The van der Waals surface area contributed by atoms with Gasteiger partial charge in [-0.15, -0.1) is 0 Å². The van der Waals surface area contributed by atoms with Crippen LogP contribution in [0.2, 0.25) is 0 Å². The standard InChI is InChI=1S/C29H35NO4/c1-17(2)33-14-8-13-30-25(20-9-11-21(12-10-20)29(5,6)7)24-26(31)22-15-18(3)19(4)16-23(22)34-27(24)28(30)32/h9-12,15-17,25H,8,13-14H2,1-7H3/t25-/m1/s1. The third kappa shape index (κ3) is 4.41. The second-order valence-electron chi connectivity index (χ2n) is 10.7. The minimum absolute atomic E-state index is 0.0143. The fourth-order valence-electron chi connectivity index (χ4n) is 4.57. The number of ether oxygens (including phenoxy) is 1. The van der Waals surface area contributed by atoms with E-state index in [0.717, 1.165) is 16.7 Å². The topological polar surface area (TPSA) is 59.8 Å². The molecule has 3 aromatic rings. The maximum absolute atomic E-state index is 13.7. The van der Waals surface area contributed by atoms with E-state index >= 15 is 0 Å². The second-order valence-corrected chi connectivity index (χ2v) is 10.7. The predicted molar refractivity (Wildman–Crippen MR) is 136 cm³/mol. The Hall–Kier alpha value is -2.92. The molecular weight excluding hydrogens is 426 g/mol. The monoisotopic (exact) mass is 461 g/mol. The van der Waals surface area contributed by atoms with Crippen LogP contribution in [0, 0.1) is 13.8 Å². The number of hydrogen-bond acceptors (Lipinski definition) is 4. The van der Waals surface area contributed by atoms with Crippen LogP contribution in [0.4, 0.5) is 0 Å². The van der Waals surface area contributed by atoms with Gasteiger partial charge in [0.05, 0.1) is 23.1 Å². The summed E-state index contributed by atoms with van der Waals surface area (Å²) in [7, 11) is 0. The second kappa shape index (κ2) is 9.03. The molecule has 0 saturated heterocycles. The fourth-order valence-corrected chi connectivity index (χ4v) is 4.57. The molecule has 0 N–H and O–H groups in total. The molecule has 0 aliphatic carbocycles. The molecule has 1 aliphatic rings. The number of amides is 1. The maximum atomic E-state index is 13.7. The summed E-state index contributed by atoms with van der Waals surface area (Å²) in [5.41, 5.74) is 4.96. The molecule has 2 aromatic carbocycles. The van der Waals surface area contributed by atoms with Gasteiger partial charge in [0, 0.05) is 13.2 Å². The highest BCUT2D eigenvalue weighted by molar-refractivity contribution is 5.99. The Balaban J connectivity index is 1.83. The lowest BCUT2D eigenvalue weighted by Crippen LogP contribution is -2.31. The average Bonchev–Trinajstić information content (AvgIpc) is 3.04. The Labute approximate surface area is 201 Å². The van der Waals surface area contributed by atoms with Crippen molar-refractivity contribution in [3.8, 4) is 0 Å². The molecule has 0 spiro atoms. The highest BCUT2D eigenvalue weighted by Gasteiger charge is 2.42. The van der Waals surface area contributed by atoms with E-state index in [1.807, 2.05) is 52.0 Å². The van der Waals surface area contributed by atoms with Crippen LogP contribution in [0.3, 0.4) is 0 Å². The molecule has 2 heterocycles. The molecule has 180 valence electrons. The van der Waals surface area contributed by atoms with E-state index in [0.29, 0.717) is 36.1 Å². The van der Waals surface area contributed by atoms with Crippen LogP contribution in [0.5, 0.6) is 0 Å². The van der Waals surface area contributed by atoms with Crippen LogP contribution in [0.25, 0.3) is 11.0 Å². The zero-order valence-electron chi connectivity index (χ0n) is 21.3. The van der Waals surface area contributed by atoms with Crippen LogP contribution in [0.1, 0.15) is 85.5 Å². The van der Waals surface area contributed by atoms with Crippen LogP contribution in [0.15, 0.2) is 45.6 Å². The van der Waals surface area contributed by atoms with Crippen molar-refractivity contribution in [3.05, 3.63) is 80.2 Å². The molecule has 0 unspecified atom stereocenters. The molecule has 0 bridgehead atoms. The Kier molecular flexibility index (Phi) is 6.43. The summed E-state index contributed by atoms with van der Waals surface area (Å²) in [6.07, 6.45) is 0.813. The summed E-state index contributed by atoms with van der Waals surface area (Å²) in [4.78, 5) is 29.0. The molecule has 34 heavy (non-hydrogen) atoms. The van der Waals surface area contributed by atoms with Crippen LogP contribution >= 0.6 is 0 Å². The van der Waals surface area contributed by atoms with Gasteiger partial charge in [0.15, 0.2) is 5.43 Å². The van der Waals surface area contributed by atoms with E-state index in [-0.39, 0.29) is 28.6 Å². The van der Waals surface area contributed by atoms with Gasteiger partial charge in [-0.1, -0.05) is 45.0 Å². The van der Waals surface area contributed by atoms with Gasteiger partial charge < -0.3 is 14.1 Å². The van der Waals surface area contributed by atoms with Gasteiger partial charge in [-0.2, -0.15) is 0 Å². The lowest BCUT2D eigenvalue weighted by atomic mass is 9.86. The highest BCUT2D eigenvalue weighted by atomic mass is 16.5. The van der Waals surface area contributed by atoms with E-state index in [1.165, 1.54) is 5.56 Å². The first kappa shape index (κ1) is 24.2. The smallest absolute Gasteiger partial charge is 0.290 e. The molecule has 4 rings (SSSR count). The lowest BCUT2D eigenvalue weighted by Gasteiger charge is -2.26. The Bertz CT molecular complexity index is 1280. The summed E-state index contributed by atoms with van der Waals surface area (Å²) in [5.74, 6) is -0.0721. The van der Waals surface area contributed by atoms with Gasteiger partial charge in [0.2, 0.25) is 5.76 Å². The quantitative estimate of drug-likeness (QED) is 0.418. The summed E-state index contributed by atoms with van der Waals surface area (Å²) >= 11 is 0. The Morgan fingerprint density at radius 1 is 1.03 bits per heavy atom. The summed E-state index contributed by atoms with van der Waals surface area (Å²) in [5, 5.41) is 0.524. The average molecular weight is 462 g/mol. The van der Waals surface area contributed by atoms with Crippen LogP contribution < -0.4 is 5.43 Å². The van der Waals surface area contributed by atoms with Crippen molar-refractivity contribution in [3.63, 3.8) is 0 Å². The third-order valence-electron chi connectivity index (χ3n) is 6.67. The van der Waals surface area contributed by atoms with Crippen LogP contribution in [-0.4, -0.2) is 30.1 Å². The first-order valence-electron chi connectivity index (χ1n) is 12.1. The van der Waals surface area contributed by atoms with E-state index in [9.17, 15) is 9.59 Å². The van der Waals surface area contributed by atoms with Crippen molar-refractivity contribution < 1.29 is 13.9 Å². The van der Waals surface area contributed by atoms with Crippen molar-refractivity contribution in [2.45, 2.75) is 72.4 Å². The zero-order valence-corrected chi connectivity index (χ0v) is 21.3. The highest BCUT2D eigenvalue weighted by Crippen LogP contribution is 2.39. The maximum Gasteiger partial charge on any atom is 0.290 e. The van der Waals surface area contributed by atoms with E-state index < -0.39 is 6.04 Å². The number of aryl methyl sites for hydroxylation is 2. The zero-order chi connectivity index (χ0) is 24.8. The number of hydrogen-bond donors (Lipinski definition) is 0. The van der Waals surface area contributed by atoms with Crippen molar-refractivity contribution in [2.24, 2.45) is 0 Å². The minimum atomic E-state index is -0.474. The molecule has 5 nitrogen and oxygen atoms in total. The van der Waals surface area contributed by atoms with Gasteiger partial charge in [0.25, 0.3) is 5.91 Å². The minimum Gasteiger partial charge on any atom is -0.450 e. The van der Waals surface area contributed by atoms with E-state index in [2.05, 4.69) is 32.9 Å². The SMILES string of the molecule is Cc1cc2oc3c(c(=O)c2cc1C)[C@@H](c1ccc(C(C)(C)C)cc1)N(CCCOC(C)C)C3=O. The molecular formula is C29H35NO4. The summed E-state index contributed by atoms with van der Waals surface area (Å²) < 4.78 is 11.8. The number of rotatable bonds is 6. The number of benzene rings is 2. The normalized spacial score (nSPS) is 16.1. The van der Waals surface area contributed by atoms with Crippen molar-refractivity contribution in [1.82, 2.24) is 4.90 Å². The Morgan fingerprint density at radius 2 is 1.68 bits per heavy atom. The summed E-state index contributed by atoms with van der Waals surface area (Å²) in [6, 6.07) is 11.5. The number of fused-ring (bicyclic) bond motifs is 2. The number of carbonyl (C=O) groups is 1. The molecule has 0 fully saturated rings. The Morgan fingerprint density at radius 3 is 2.29 bits per heavy atom. The van der Waals surface area contributed by atoms with Crippen molar-refractivity contribution in [2.75, 3.05) is 13.2 Å². The van der Waals surface area contributed by atoms with E-state index in [1.54, 1.807) is 4.90 Å². The number of carbonyl (C=O) groups excluding carboxylic acids is 1. The molecule has 0 radical (unpaired) electrons. The van der Waals surface area contributed by atoms with E-state index in [4.69, 9.17) is 9.15 Å².